The van der Waals surface area contributed by atoms with Crippen LogP contribution >= 0.6 is 0 Å². The number of benzene rings is 1. The molecule has 0 radical (unpaired) electrons. The monoisotopic (exact) mass is 777 g/mol. The Morgan fingerprint density at radius 2 is 0.982 bits per heavy atom. The Morgan fingerprint density at radius 3 is 1.07 bits per heavy atom. The van der Waals surface area contributed by atoms with Gasteiger partial charge in [0.1, 0.15) is 6.17 Å². The lowest BCUT2D eigenvalue weighted by Gasteiger charge is -2.18. The second kappa shape index (κ2) is 32.0. The Bertz CT molecular complexity index is 1070. The van der Waals surface area contributed by atoms with Crippen LogP contribution < -0.4 is 0 Å². The highest BCUT2D eigenvalue weighted by molar-refractivity contribution is 5.23. The minimum absolute atomic E-state index is 0.417. The summed E-state index contributed by atoms with van der Waals surface area (Å²) in [6.07, 6.45) is 39.1. The molecule has 11 aliphatic carbocycles. The molecule has 0 aliphatic heterocycles. The standard InChI is InChI=1S/C10H14.C6H10.C5H7N.C5H10.C4H5N.C4H8O.3C4H8.C3H5F.C3H6/c1-3-9-6-5-7-10(4-2)8-9;1-2-5(1)6-3-4-6;6-4-5-2-1-3-5;1-5-3-2-4-5;1-5-4-2-3-4;5-3-4-1-2-4;2*1-4-2-3-4;1-2-4-3-1;4-3-1-2-3;1-2-3-1/h5-8H,3-4H2,1-2H3;5-6H,1-4H2;5H,1-3H2;5H,2-4H2,1H3;4H,2-3H2;4-5H,1-3H2;2*4H,2-3H2,1H3;1-4H2;3H,1-2H2;1-3H2. The normalized spacial score (nSPS) is 22.7. The number of aryl methyl sites for hydroxylation is 2. The SMILES string of the molecule is C1CC1.C1CC1C1CC1.C1CCC1.CC1CC1.CC1CC1.CC1CCC1.CCc1cccc(CC)c1.FC1CC1.N#CC1CCC1.OCC1CC1.[C-]#[N+]C1CC1. The molecule has 0 aromatic heterocycles. The topological polar surface area (TPSA) is 48.4 Å². The van der Waals surface area contributed by atoms with Crippen LogP contribution in [0.25, 0.3) is 4.85 Å². The lowest BCUT2D eigenvalue weighted by molar-refractivity contribution is 0.277. The molecule has 1 aromatic rings. The maximum Gasteiger partial charge on any atom is 0.224 e. The highest BCUT2D eigenvalue weighted by atomic mass is 19.1. The second-order valence-corrected chi connectivity index (χ2v) is 19.0. The van der Waals surface area contributed by atoms with E-state index < -0.39 is 6.17 Å². The Labute approximate surface area is 347 Å². The molecule has 0 spiro atoms. The van der Waals surface area contributed by atoms with Crippen LogP contribution in [0.4, 0.5) is 4.39 Å². The number of hydrogen-bond acceptors (Lipinski definition) is 2. The number of aliphatic hydroxyl groups is 1. The van der Waals surface area contributed by atoms with Gasteiger partial charge in [0.25, 0.3) is 0 Å². The van der Waals surface area contributed by atoms with Gasteiger partial charge in [0.2, 0.25) is 6.04 Å². The molecule has 0 heterocycles. The molecule has 0 bridgehead atoms. The summed E-state index contributed by atoms with van der Waals surface area (Å²) in [6.45, 7) is 18.0. The zero-order chi connectivity index (χ0) is 40.8. The van der Waals surface area contributed by atoms with Gasteiger partial charge in [0, 0.05) is 25.4 Å². The number of alkyl halides is 1. The third kappa shape index (κ3) is 37.7. The van der Waals surface area contributed by atoms with Gasteiger partial charge in [-0.15, -0.1) is 0 Å². The van der Waals surface area contributed by atoms with Gasteiger partial charge in [-0.1, -0.05) is 155 Å². The van der Waals surface area contributed by atoms with Crippen LogP contribution in [0.15, 0.2) is 24.3 Å². The van der Waals surface area contributed by atoms with E-state index in [2.05, 4.69) is 69.8 Å². The predicted octanol–water partition coefficient (Wildman–Crippen LogP) is 15.9. The van der Waals surface area contributed by atoms with Crippen molar-refractivity contribution in [2.24, 2.45) is 41.4 Å². The van der Waals surface area contributed by atoms with E-state index in [0.717, 1.165) is 69.1 Å². The van der Waals surface area contributed by atoms with Gasteiger partial charge >= 0.3 is 0 Å². The molecule has 1 aromatic carbocycles. The summed E-state index contributed by atoms with van der Waals surface area (Å²) in [5.74, 6) is 6.77. The van der Waals surface area contributed by atoms with Crippen molar-refractivity contribution < 1.29 is 9.50 Å². The maximum atomic E-state index is 11.1. The van der Waals surface area contributed by atoms with E-state index in [1.807, 2.05) is 0 Å². The van der Waals surface area contributed by atoms with E-state index in [4.69, 9.17) is 16.9 Å². The molecule has 4 heteroatoms. The molecular formula is C52H89FN2O. The largest absolute Gasteiger partial charge is 0.396 e. The number of nitriles is 1. The minimum Gasteiger partial charge on any atom is -0.396 e. The maximum absolute atomic E-state index is 11.1. The van der Waals surface area contributed by atoms with Gasteiger partial charge in [-0.05, 0) is 124 Å². The van der Waals surface area contributed by atoms with Gasteiger partial charge in [0.15, 0.2) is 0 Å². The molecule has 3 nitrogen and oxygen atoms in total. The van der Waals surface area contributed by atoms with Crippen LogP contribution in [-0.4, -0.2) is 23.9 Å². The fourth-order valence-corrected chi connectivity index (χ4v) is 4.50. The number of aliphatic hydroxyl groups excluding tert-OH is 1. The van der Waals surface area contributed by atoms with Gasteiger partial charge < -0.3 is 9.95 Å². The third-order valence-corrected chi connectivity index (χ3v) is 11.7. The van der Waals surface area contributed by atoms with Gasteiger partial charge in [0.05, 0.1) is 6.07 Å². The van der Waals surface area contributed by atoms with Crippen molar-refractivity contribution in [3.8, 4) is 6.07 Å². The van der Waals surface area contributed by atoms with Crippen molar-refractivity contribution in [1.29, 1.82) is 5.26 Å². The Kier molecular flexibility index (Phi) is 28.7. The first-order valence-corrected chi connectivity index (χ1v) is 24.3. The lowest BCUT2D eigenvalue weighted by Crippen LogP contribution is -2.06. The molecule has 11 fully saturated rings. The molecule has 0 amide bonds. The number of halogens is 1. The van der Waals surface area contributed by atoms with Gasteiger partial charge in [-0.2, -0.15) is 5.26 Å². The van der Waals surface area contributed by atoms with E-state index in [-0.39, 0.29) is 0 Å². The number of rotatable bonds is 4. The van der Waals surface area contributed by atoms with E-state index in [1.54, 1.807) is 25.7 Å². The second-order valence-electron chi connectivity index (χ2n) is 19.0. The minimum atomic E-state index is -0.417. The number of nitrogens with zero attached hydrogens (tertiary/aromatic N) is 2. The summed E-state index contributed by atoms with van der Waals surface area (Å²) in [6, 6.07) is 11.4. The zero-order valence-electron chi connectivity index (χ0n) is 37.4. The van der Waals surface area contributed by atoms with E-state index in [0.29, 0.717) is 24.5 Å². The fourth-order valence-electron chi connectivity index (χ4n) is 4.50. The highest BCUT2D eigenvalue weighted by Crippen LogP contribution is 2.49. The fraction of sp³-hybridized carbons (Fsp3) is 0.846. The third-order valence-electron chi connectivity index (χ3n) is 11.7. The molecular weight excluding hydrogens is 688 g/mol. The summed E-state index contributed by atoms with van der Waals surface area (Å²) in [5.41, 5.74) is 2.89. The van der Waals surface area contributed by atoms with Crippen molar-refractivity contribution >= 4 is 0 Å². The highest BCUT2D eigenvalue weighted by Gasteiger charge is 2.37. The summed E-state index contributed by atoms with van der Waals surface area (Å²) in [5, 5.41) is 16.3. The zero-order valence-corrected chi connectivity index (χ0v) is 37.4. The quantitative estimate of drug-likeness (QED) is 0.310. The Balaban J connectivity index is 0.000000216. The van der Waals surface area contributed by atoms with Crippen LogP contribution in [0.3, 0.4) is 0 Å². The molecule has 12 rings (SSSR count). The van der Waals surface area contributed by atoms with E-state index in [9.17, 15) is 4.39 Å². The first kappa shape index (κ1) is 50.2. The van der Waals surface area contributed by atoms with Crippen LogP contribution in [0.2, 0.25) is 0 Å². The first-order chi connectivity index (χ1) is 27.2. The van der Waals surface area contributed by atoms with Crippen LogP contribution in [0.5, 0.6) is 0 Å². The van der Waals surface area contributed by atoms with Crippen molar-refractivity contribution in [2.45, 2.75) is 233 Å². The first-order valence-electron chi connectivity index (χ1n) is 24.3. The van der Waals surface area contributed by atoms with Crippen molar-refractivity contribution in [2.75, 3.05) is 6.61 Å². The smallest absolute Gasteiger partial charge is 0.224 e. The molecule has 11 saturated carbocycles. The van der Waals surface area contributed by atoms with Gasteiger partial charge in [-0.3, -0.25) is 0 Å². The Hall–Kier alpha value is -1.91. The number of hydrogen-bond donors (Lipinski definition) is 1. The van der Waals surface area contributed by atoms with Gasteiger partial charge in [-0.25, -0.2) is 11.0 Å². The van der Waals surface area contributed by atoms with E-state index >= 15 is 0 Å². The van der Waals surface area contributed by atoms with E-state index in [1.165, 1.54) is 132 Å². The Morgan fingerprint density at radius 1 is 0.607 bits per heavy atom. The van der Waals surface area contributed by atoms with Crippen molar-refractivity contribution in [1.82, 2.24) is 0 Å². The van der Waals surface area contributed by atoms with Crippen LogP contribution in [-0.2, 0) is 12.8 Å². The average Bonchev–Trinajstić information content (AvgIpc) is 3.95. The average molecular weight is 777 g/mol. The summed E-state index contributed by atoms with van der Waals surface area (Å²) >= 11 is 0. The predicted molar refractivity (Wildman–Crippen MR) is 239 cm³/mol. The molecule has 320 valence electrons. The molecule has 11 aliphatic rings. The van der Waals surface area contributed by atoms with Crippen LogP contribution in [0, 0.1) is 59.3 Å². The lowest BCUT2D eigenvalue weighted by atomic mass is 9.87. The summed E-state index contributed by atoms with van der Waals surface area (Å²) < 4.78 is 11.1. The summed E-state index contributed by atoms with van der Waals surface area (Å²) in [4.78, 5) is 3.25. The van der Waals surface area contributed by atoms with Crippen molar-refractivity contribution in [3.63, 3.8) is 0 Å². The molecule has 0 atom stereocenters. The molecule has 56 heavy (non-hydrogen) atoms. The molecule has 1 N–H and O–H groups in total. The molecule has 0 unspecified atom stereocenters. The summed E-state index contributed by atoms with van der Waals surface area (Å²) in [7, 11) is 0. The van der Waals surface area contributed by atoms with Crippen molar-refractivity contribution in [3.05, 3.63) is 46.8 Å². The molecule has 0 saturated heterocycles. The van der Waals surface area contributed by atoms with Crippen LogP contribution in [0.1, 0.15) is 219 Å².